The van der Waals surface area contributed by atoms with Gasteiger partial charge < -0.3 is 10.2 Å². The number of hydrogen-bond donors (Lipinski definition) is 1. The molecule has 0 bridgehead atoms. The van der Waals surface area contributed by atoms with Crippen LogP contribution in [0.5, 0.6) is 0 Å². The second-order valence-corrected chi connectivity index (χ2v) is 4.94. The molecule has 1 rings (SSSR count). The number of anilines is 1. The summed E-state index contributed by atoms with van der Waals surface area (Å²) in [7, 11) is 0. The molecule has 6 heteroatoms. The number of benzene rings is 1. The smallest absolute Gasteiger partial charge is 0.230 e. The molecule has 0 saturated carbocycles. The fourth-order valence-electron chi connectivity index (χ4n) is 0.969. The molecule has 1 aromatic carbocycles. The van der Waals surface area contributed by atoms with Crippen LogP contribution >= 0.6 is 34.8 Å². The monoisotopic (exact) mass is 292 g/mol. The van der Waals surface area contributed by atoms with Gasteiger partial charge in [-0.15, -0.1) is 0 Å². The lowest BCUT2D eigenvalue weighted by atomic mass is 10.3. The van der Waals surface area contributed by atoms with E-state index < -0.39 is 4.46 Å². The number of nitrogens with one attached hydrogen (secondary N) is 1. The molecular weight excluding hydrogens is 282 g/mol. The highest BCUT2D eigenvalue weighted by Crippen LogP contribution is 2.26. The fraction of sp³-hybridized carbons (Fsp3) is 0.182. The van der Waals surface area contributed by atoms with Gasteiger partial charge in [0.15, 0.2) is 0 Å². The Hall–Kier alpha value is -0.900. The van der Waals surface area contributed by atoms with E-state index in [9.17, 15) is 0 Å². The zero-order chi connectivity index (χ0) is 12.9. The topological polar surface area (TPSA) is 33.6 Å². The van der Waals surface area contributed by atoms with Gasteiger partial charge in [0, 0.05) is 5.69 Å². The first-order valence-corrected chi connectivity index (χ1v) is 5.83. The van der Waals surface area contributed by atoms with E-state index >= 15 is 0 Å². The zero-order valence-electron chi connectivity index (χ0n) is 9.08. The molecular formula is C11H11Cl3N2O. The van der Waals surface area contributed by atoms with Crippen molar-refractivity contribution in [2.24, 2.45) is 5.16 Å². The maximum Gasteiger partial charge on any atom is 0.230 e. The Morgan fingerprint density at radius 1 is 1.35 bits per heavy atom. The van der Waals surface area contributed by atoms with Gasteiger partial charge in [-0.1, -0.05) is 46.6 Å². The maximum absolute atomic E-state index is 6.08. The Labute approximate surface area is 115 Å². The van der Waals surface area contributed by atoms with Crippen LogP contribution in [0.2, 0.25) is 0 Å². The van der Waals surface area contributed by atoms with Gasteiger partial charge in [0.1, 0.15) is 5.71 Å². The number of rotatable bonds is 5. The normalized spacial score (nSPS) is 12.1. The molecule has 92 valence electrons. The van der Waals surface area contributed by atoms with Crippen molar-refractivity contribution >= 4 is 46.2 Å². The standard InChI is InChI=1S/C11H11Cl3N2O/c1-8(16-17-9(2)12)11(13,14)15-10-6-4-3-5-7-10/h3-7,15H,2H2,1H3. The van der Waals surface area contributed by atoms with Gasteiger partial charge in [-0.2, -0.15) is 0 Å². The Morgan fingerprint density at radius 3 is 2.47 bits per heavy atom. The summed E-state index contributed by atoms with van der Waals surface area (Å²) in [5.41, 5.74) is 1.07. The molecule has 1 N–H and O–H groups in total. The Kier molecular flexibility index (Phi) is 5.12. The molecule has 0 aromatic heterocycles. The second kappa shape index (κ2) is 6.15. The molecule has 0 unspecified atom stereocenters. The van der Waals surface area contributed by atoms with Crippen molar-refractivity contribution in [2.45, 2.75) is 11.4 Å². The van der Waals surface area contributed by atoms with Gasteiger partial charge in [0.2, 0.25) is 9.68 Å². The first-order valence-electron chi connectivity index (χ1n) is 4.69. The van der Waals surface area contributed by atoms with E-state index in [-0.39, 0.29) is 5.22 Å². The summed E-state index contributed by atoms with van der Waals surface area (Å²) < 4.78 is -1.38. The largest absolute Gasteiger partial charge is 0.350 e. The van der Waals surface area contributed by atoms with Crippen molar-refractivity contribution in [3.63, 3.8) is 0 Å². The predicted molar refractivity (Wildman–Crippen MR) is 73.7 cm³/mol. The van der Waals surface area contributed by atoms with Crippen LogP contribution in [0.25, 0.3) is 0 Å². The molecule has 1 aromatic rings. The van der Waals surface area contributed by atoms with Gasteiger partial charge in [-0.3, -0.25) is 0 Å². The number of halogens is 3. The lowest BCUT2D eigenvalue weighted by molar-refractivity contribution is 0.254. The SMILES string of the molecule is C=C(Cl)ON=C(C)C(Cl)(Cl)Nc1ccccc1. The van der Waals surface area contributed by atoms with Crippen LogP contribution in [0, 0.1) is 0 Å². The van der Waals surface area contributed by atoms with Crippen LogP contribution in [0.15, 0.2) is 47.3 Å². The molecule has 0 spiro atoms. The lowest BCUT2D eigenvalue weighted by Crippen LogP contribution is -2.33. The van der Waals surface area contributed by atoms with Crippen LogP contribution in [0.4, 0.5) is 5.69 Å². The molecule has 0 heterocycles. The fourth-order valence-corrected chi connectivity index (χ4v) is 1.29. The third-order valence-electron chi connectivity index (χ3n) is 1.81. The first kappa shape index (κ1) is 14.2. The van der Waals surface area contributed by atoms with Gasteiger partial charge in [-0.25, -0.2) is 0 Å². The Morgan fingerprint density at radius 2 is 1.94 bits per heavy atom. The third-order valence-corrected chi connectivity index (χ3v) is 2.62. The molecule has 0 amide bonds. The molecule has 0 aliphatic heterocycles. The van der Waals surface area contributed by atoms with Crippen molar-refractivity contribution in [1.29, 1.82) is 0 Å². The van der Waals surface area contributed by atoms with Gasteiger partial charge >= 0.3 is 0 Å². The predicted octanol–water partition coefficient (Wildman–Crippen LogP) is 4.33. The molecule has 0 radical (unpaired) electrons. The van der Waals surface area contributed by atoms with E-state index in [2.05, 4.69) is 21.9 Å². The summed E-state index contributed by atoms with van der Waals surface area (Å²) in [6.07, 6.45) is 0. The average molecular weight is 294 g/mol. The van der Waals surface area contributed by atoms with Crippen LogP contribution < -0.4 is 5.32 Å². The molecule has 0 atom stereocenters. The minimum atomic E-state index is -1.38. The van der Waals surface area contributed by atoms with Crippen molar-refractivity contribution < 1.29 is 4.84 Å². The van der Waals surface area contributed by atoms with E-state index in [1.165, 1.54) is 0 Å². The summed E-state index contributed by atoms with van der Waals surface area (Å²) >= 11 is 17.6. The molecule has 0 fully saturated rings. The number of alkyl halides is 2. The van der Waals surface area contributed by atoms with Gasteiger partial charge in [-0.05, 0) is 37.2 Å². The minimum Gasteiger partial charge on any atom is -0.350 e. The summed E-state index contributed by atoms with van der Waals surface area (Å²) in [5.74, 6) is 0. The van der Waals surface area contributed by atoms with E-state index in [4.69, 9.17) is 34.8 Å². The number of para-hydroxylation sites is 1. The van der Waals surface area contributed by atoms with Crippen molar-refractivity contribution in [3.05, 3.63) is 42.1 Å². The van der Waals surface area contributed by atoms with Gasteiger partial charge in [0.05, 0.1) is 0 Å². The Balaban J connectivity index is 2.74. The summed E-state index contributed by atoms with van der Waals surface area (Å²) in [6, 6.07) is 9.25. The summed E-state index contributed by atoms with van der Waals surface area (Å²) in [6.45, 7) is 4.93. The van der Waals surface area contributed by atoms with E-state index in [0.717, 1.165) is 5.69 Å². The second-order valence-electron chi connectivity index (χ2n) is 3.19. The van der Waals surface area contributed by atoms with Crippen LogP contribution in [0.3, 0.4) is 0 Å². The molecule has 0 aliphatic carbocycles. The first-order chi connectivity index (χ1) is 7.92. The number of oxime groups is 1. The molecule has 0 saturated heterocycles. The zero-order valence-corrected chi connectivity index (χ0v) is 11.4. The van der Waals surface area contributed by atoms with Crippen LogP contribution in [0.1, 0.15) is 6.92 Å². The van der Waals surface area contributed by atoms with Crippen molar-refractivity contribution in [2.75, 3.05) is 5.32 Å². The maximum atomic E-state index is 6.08. The number of hydrogen-bond acceptors (Lipinski definition) is 3. The van der Waals surface area contributed by atoms with Crippen molar-refractivity contribution in [3.8, 4) is 0 Å². The Bertz CT molecular complexity index is 418. The quantitative estimate of drug-likeness (QED) is 0.288. The minimum absolute atomic E-state index is 0.0619. The summed E-state index contributed by atoms with van der Waals surface area (Å²) in [4.78, 5) is 4.68. The van der Waals surface area contributed by atoms with E-state index in [1.807, 2.05) is 30.3 Å². The van der Waals surface area contributed by atoms with Crippen molar-refractivity contribution in [1.82, 2.24) is 0 Å². The van der Waals surface area contributed by atoms with Gasteiger partial charge in [0.25, 0.3) is 0 Å². The highest BCUT2D eigenvalue weighted by molar-refractivity contribution is 6.59. The molecule has 17 heavy (non-hydrogen) atoms. The number of nitrogens with zero attached hydrogens (tertiary/aromatic N) is 1. The molecule has 0 aliphatic rings. The summed E-state index contributed by atoms with van der Waals surface area (Å²) in [5, 5.41) is 6.48. The van der Waals surface area contributed by atoms with E-state index in [0.29, 0.717) is 5.71 Å². The lowest BCUT2D eigenvalue weighted by Gasteiger charge is -2.21. The van der Waals surface area contributed by atoms with E-state index in [1.54, 1.807) is 6.92 Å². The molecule has 3 nitrogen and oxygen atoms in total. The van der Waals surface area contributed by atoms with Crippen LogP contribution in [-0.2, 0) is 4.84 Å². The van der Waals surface area contributed by atoms with Crippen LogP contribution in [-0.4, -0.2) is 10.2 Å². The highest BCUT2D eigenvalue weighted by Gasteiger charge is 2.28. The highest BCUT2D eigenvalue weighted by atomic mass is 35.5. The average Bonchev–Trinajstić information content (AvgIpc) is 2.26. The third kappa shape index (κ3) is 4.86.